The molecule has 0 aliphatic heterocycles. The number of nitro benzene ring substituents is 1. The Morgan fingerprint density at radius 2 is 1.71 bits per heavy atom. The highest BCUT2D eigenvalue weighted by atomic mass is 16.6. The quantitative estimate of drug-likeness (QED) is 0.587. The Labute approximate surface area is 119 Å². The minimum absolute atomic E-state index is 0.0211. The molecule has 0 atom stereocenters. The van der Waals surface area contributed by atoms with Gasteiger partial charge in [-0.3, -0.25) is 10.1 Å². The van der Waals surface area contributed by atoms with Gasteiger partial charge in [-0.05, 0) is 24.3 Å². The molecule has 0 saturated heterocycles. The zero-order chi connectivity index (χ0) is 14.8. The zero-order valence-corrected chi connectivity index (χ0v) is 10.9. The highest BCUT2D eigenvalue weighted by Gasteiger charge is 2.14. The molecule has 2 aromatic carbocycles. The molecule has 21 heavy (non-hydrogen) atoms. The number of rotatable bonds is 3. The summed E-state index contributed by atoms with van der Waals surface area (Å²) in [5.41, 5.74) is 8.07. The van der Waals surface area contributed by atoms with Crippen LogP contribution < -0.4 is 5.73 Å². The van der Waals surface area contributed by atoms with Crippen LogP contribution in [-0.4, -0.2) is 19.9 Å². The second kappa shape index (κ2) is 5.04. The normalized spacial score (nSPS) is 10.5. The number of nitrogen functional groups attached to an aromatic ring is 1. The molecule has 7 nitrogen and oxygen atoms in total. The van der Waals surface area contributed by atoms with E-state index in [4.69, 9.17) is 5.73 Å². The Kier molecular flexibility index (Phi) is 3.07. The van der Waals surface area contributed by atoms with E-state index in [2.05, 4.69) is 10.3 Å². The van der Waals surface area contributed by atoms with Crippen molar-refractivity contribution in [1.29, 1.82) is 0 Å². The van der Waals surface area contributed by atoms with Gasteiger partial charge in [0.15, 0.2) is 5.82 Å². The van der Waals surface area contributed by atoms with Gasteiger partial charge in [0.05, 0.1) is 10.6 Å². The van der Waals surface area contributed by atoms with E-state index in [1.54, 1.807) is 12.1 Å². The third-order valence-electron chi connectivity index (χ3n) is 3.06. The zero-order valence-electron chi connectivity index (χ0n) is 10.9. The Bertz CT molecular complexity index is 781. The van der Waals surface area contributed by atoms with Crippen LogP contribution in [-0.2, 0) is 0 Å². The van der Waals surface area contributed by atoms with Crippen LogP contribution >= 0.6 is 0 Å². The second-order valence-electron chi connectivity index (χ2n) is 4.37. The van der Waals surface area contributed by atoms with Gasteiger partial charge in [0.25, 0.3) is 5.69 Å². The molecule has 3 aromatic rings. The maximum atomic E-state index is 10.7. The van der Waals surface area contributed by atoms with Crippen LogP contribution in [0.5, 0.6) is 0 Å². The van der Waals surface area contributed by atoms with E-state index in [1.165, 1.54) is 16.8 Å². The maximum Gasteiger partial charge on any atom is 0.269 e. The molecule has 0 aliphatic rings. The fourth-order valence-corrected chi connectivity index (χ4v) is 2.00. The van der Waals surface area contributed by atoms with E-state index >= 15 is 0 Å². The Balaban J connectivity index is 2.01. The third kappa shape index (κ3) is 2.32. The number of benzene rings is 2. The average molecular weight is 281 g/mol. The largest absolute Gasteiger partial charge is 0.382 e. The molecular weight excluding hydrogens is 270 g/mol. The molecule has 0 fully saturated rings. The fourth-order valence-electron chi connectivity index (χ4n) is 2.00. The standard InChI is InChI=1S/C14H11N5O2/c15-14-13(10-6-8-12(9-7-10)19(20)21)16-17-18(14)11-4-2-1-3-5-11/h1-9H,15H2. The monoisotopic (exact) mass is 281 g/mol. The van der Waals surface area contributed by atoms with Gasteiger partial charge in [-0.15, -0.1) is 5.10 Å². The summed E-state index contributed by atoms with van der Waals surface area (Å²) >= 11 is 0. The first-order valence-corrected chi connectivity index (χ1v) is 6.18. The van der Waals surface area contributed by atoms with Crippen molar-refractivity contribution in [3.8, 4) is 16.9 Å². The summed E-state index contributed by atoms with van der Waals surface area (Å²) < 4.78 is 1.52. The topological polar surface area (TPSA) is 99.9 Å². The number of aromatic nitrogens is 3. The summed E-state index contributed by atoms with van der Waals surface area (Å²) in [4.78, 5) is 10.2. The van der Waals surface area contributed by atoms with E-state index in [9.17, 15) is 10.1 Å². The Morgan fingerprint density at radius 1 is 1.05 bits per heavy atom. The lowest BCUT2D eigenvalue weighted by atomic mass is 10.1. The number of para-hydroxylation sites is 1. The number of hydrogen-bond donors (Lipinski definition) is 1. The number of nitrogens with two attached hydrogens (primary N) is 1. The van der Waals surface area contributed by atoms with Gasteiger partial charge >= 0.3 is 0 Å². The van der Waals surface area contributed by atoms with Crippen LogP contribution in [0, 0.1) is 10.1 Å². The number of nitro groups is 1. The molecule has 2 N–H and O–H groups in total. The smallest absolute Gasteiger partial charge is 0.269 e. The molecule has 0 amide bonds. The van der Waals surface area contributed by atoms with Crippen molar-refractivity contribution in [2.45, 2.75) is 0 Å². The van der Waals surface area contributed by atoms with Crippen molar-refractivity contribution in [3.63, 3.8) is 0 Å². The summed E-state index contributed by atoms with van der Waals surface area (Å²) in [6, 6.07) is 15.4. The summed E-state index contributed by atoms with van der Waals surface area (Å²) in [6.07, 6.45) is 0. The summed E-state index contributed by atoms with van der Waals surface area (Å²) in [5, 5.41) is 18.7. The highest BCUT2D eigenvalue weighted by Crippen LogP contribution is 2.26. The SMILES string of the molecule is Nc1c(-c2ccc([N+](=O)[O-])cc2)nnn1-c1ccccc1. The van der Waals surface area contributed by atoms with Gasteiger partial charge in [-0.2, -0.15) is 4.68 Å². The average Bonchev–Trinajstić information content (AvgIpc) is 2.90. The number of hydrogen-bond acceptors (Lipinski definition) is 5. The molecular formula is C14H11N5O2. The van der Waals surface area contributed by atoms with Gasteiger partial charge < -0.3 is 5.73 Å². The van der Waals surface area contributed by atoms with E-state index in [1.807, 2.05) is 30.3 Å². The summed E-state index contributed by atoms with van der Waals surface area (Å²) in [6.45, 7) is 0. The molecule has 104 valence electrons. The summed E-state index contributed by atoms with van der Waals surface area (Å²) in [5.74, 6) is 0.384. The first kappa shape index (κ1) is 12.8. The van der Waals surface area contributed by atoms with Crippen LogP contribution in [0.25, 0.3) is 16.9 Å². The van der Waals surface area contributed by atoms with Crippen molar-refractivity contribution < 1.29 is 4.92 Å². The molecule has 1 aromatic heterocycles. The minimum atomic E-state index is -0.450. The lowest BCUT2D eigenvalue weighted by molar-refractivity contribution is -0.384. The van der Waals surface area contributed by atoms with Gasteiger partial charge in [0, 0.05) is 17.7 Å². The fraction of sp³-hybridized carbons (Fsp3) is 0. The van der Waals surface area contributed by atoms with Crippen molar-refractivity contribution in [2.75, 3.05) is 5.73 Å². The van der Waals surface area contributed by atoms with Gasteiger partial charge in [0.2, 0.25) is 0 Å². The third-order valence-corrected chi connectivity index (χ3v) is 3.06. The first-order valence-electron chi connectivity index (χ1n) is 6.18. The number of nitrogens with zero attached hydrogens (tertiary/aromatic N) is 4. The molecule has 0 radical (unpaired) electrons. The molecule has 0 saturated carbocycles. The van der Waals surface area contributed by atoms with E-state index < -0.39 is 4.92 Å². The van der Waals surface area contributed by atoms with Crippen molar-refractivity contribution in [2.24, 2.45) is 0 Å². The van der Waals surface area contributed by atoms with E-state index in [-0.39, 0.29) is 5.69 Å². The van der Waals surface area contributed by atoms with Gasteiger partial charge in [-0.25, -0.2) is 0 Å². The van der Waals surface area contributed by atoms with Crippen molar-refractivity contribution in [1.82, 2.24) is 15.0 Å². The van der Waals surface area contributed by atoms with Gasteiger partial charge in [0.1, 0.15) is 5.69 Å². The molecule has 3 rings (SSSR count). The highest BCUT2D eigenvalue weighted by molar-refractivity contribution is 5.71. The van der Waals surface area contributed by atoms with Crippen LogP contribution in [0.3, 0.4) is 0 Å². The van der Waals surface area contributed by atoms with E-state index in [0.29, 0.717) is 17.1 Å². The Morgan fingerprint density at radius 3 is 2.33 bits per heavy atom. The van der Waals surface area contributed by atoms with Crippen LogP contribution in [0.15, 0.2) is 54.6 Å². The van der Waals surface area contributed by atoms with Crippen LogP contribution in [0.1, 0.15) is 0 Å². The van der Waals surface area contributed by atoms with Crippen LogP contribution in [0.4, 0.5) is 11.5 Å². The summed E-state index contributed by atoms with van der Waals surface area (Å²) in [7, 11) is 0. The first-order chi connectivity index (χ1) is 10.2. The molecule has 7 heteroatoms. The predicted molar refractivity (Wildman–Crippen MR) is 77.9 cm³/mol. The lowest BCUT2D eigenvalue weighted by Gasteiger charge is -2.03. The second-order valence-corrected chi connectivity index (χ2v) is 4.37. The molecule has 0 spiro atoms. The van der Waals surface area contributed by atoms with Gasteiger partial charge in [-0.1, -0.05) is 23.4 Å². The number of anilines is 1. The van der Waals surface area contributed by atoms with E-state index in [0.717, 1.165) is 5.69 Å². The molecule has 0 bridgehead atoms. The lowest BCUT2D eigenvalue weighted by Crippen LogP contribution is -2.01. The predicted octanol–water partition coefficient (Wildman–Crippen LogP) is 2.42. The molecule has 0 aliphatic carbocycles. The molecule has 0 unspecified atom stereocenters. The minimum Gasteiger partial charge on any atom is -0.382 e. The Hall–Kier alpha value is -3.22. The van der Waals surface area contributed by atoms with Crippen molar-refractivity contribution in [3.05, 3.63) is 64.7 Å². The van der Waals surface area contributed by atoms with Crippen LogP contribution in [0.2, 0.25) is 0 Å². The number of non-ortho nitro benzene ring substituents is 1. The maximum absolute atomic E-state index is 10.7. The van der Waals surface area contributed by atoms with Crippen molar-refractivity contribution >= 4 is 11.5 Å². The molecule has 1 heterocycles.